The highest BCUT2D eigenvalue weighted by molar-refractivity contribution is 7.09. The molecule has 0 atom stereocenters. The standard InChI is InChI=1S/C19H18N2O2S/c1-4-23-19(22)17-12(2)20-13(3)24-18(17)21-16-11-7-9-14-8-5-6-10-15(14)16/h5-11H,4H2,1-3H3. The lowest BCUT2D eigenvalue weighted by atomic mass is 10.1. The van der Waals surface area contributed by atoms with Gasteiger partial charge in [0.05, 0.1) is 23.0 Å². The predicted octanol–water partition coefficient (Wildman–Crippen LogP) is 4.32. The van der Waals surface area contributed by atoms with E-state index >= 15 is 0 Å². The van der Waals surface area contributed by atoms with E-state index in [1.807, 2.05) is 56.3 Å². The number of aromatic nitrogens is 1. The van der Waals surface area contributed by atoms with Gasteiger partial charge in [0, 0.05) is 5.39 Å². The number of benzene rings is 2. The Morgan fingerprint density at radius 2 is 1.92 bits per heavy atom. The predicted molar refractivity (Wildman–Crippen MR) is 96.7 cm³/mol. The van der Waals surface area contributed by atoms with E-state index in [2.05, 4.69) is 4.98 Å². The van der Waals surface area contributed by atoms with Gasteiger partial charge >= 0.3 is 5.97 Å². The molecule has 1 aromatic heterocycles. The van der Waals surface area contributed by atoms with Gasteiger partial charge in [-0.1, -0.05) is 36.4 Å². The van der Waals surface area contributed by atoms with Crippen molar-refractivity contribution in [2.24, 2.45) is 4.99 Å². The highest BCUT2D eigenvalue weighted by Gasteiger charge is 2.16. The molecule has 3 aromatic rings. The van der Waals surface area contributed by atoms with Crippen LogP contribution in [0.3, 0.4) is 0 Å². The minimum absolute atomic E-state index is 0.324. The van der Waals surface area contributed by atoms with Crippen LogP contribution in [0.4, 0.5) is 5.69 Å². The number of esters is 1. The second-order valence-corrected chi connectivity index (χ2v) is 6.51. The zero-order valence-corrected chi connectivity index (χ0v) is 14.7. The molecule has 0 fully saturated rings. The van der Waals surface area contributed by atoms with Gasteiger partial charge in [0.15, 0.2) is 0 Å². The lowest BCUT2D eigenvalue weighted by molar-refractivity contribution is 0.0523. The topological polar surface area (TPSA) is 51.5 Å². The summed E-state index contributed by atoms with van der Waals surface area (Å²) in [5, 5.41) is 3.03. The molecule has 2 aromatic carbocycles. The molecule has 1 heterocycles. The van der Waals surface area contributed by atoms with Crippen LogP contribution >= 0.6 is 11.3 Å². The first-order valence-electron chi connectivity index (χ1n) is 7.78. The van der Waals surface area contributed by atoms with Crippen LogP contribution in [0.1, 0.15) is 28.0 Å². The third-order valence-electron chi connectivity index (χ3n) is 3.61. The van der Waals surface area contributed by atoms with E-state index in [1.54, 1.807) is 6.92 Å². The molecule has 0 amide bonds. The molecule has 0 aliphatic rings. The van der Waals surface area contributed by atoms with E-state index in [0.717, 1.165) is 21.5 Å². The number of carbonyl (C=O) groups is 1. The number of rotatable bonds is 3. The summed E-state index contributed by atoms with van der Waals surface area (Å²) in [6, 6.07) is 14.0. The Morgan fingerprint density at radius 1 is 1.17 bits per heavy atom. The average molecular weight is 338 g/mol. The van der Waals surface area contributed by atoms with E-state index in [1.165, 1.54) is 11.3 Å². The van der Waals surface area contributed by atoms with Crippen molar-refractivity contribution >= 4 is 33.8 Å². The molecule has 0 spiro atoms. The first-order chi connectivity index (χ1) is 11.6. The van der Waals surface area contributed by atoms with Crippen molar-refractivity contribution in [3.63, 3.8) is 0 Å². The van der Waals surface area contributed by atoms with Crippen LogP contribution in [0.2, 0.25) is 0 Å². The Hall–Kier alpha value is -2.53. The van der Waals surface area contributed by atoms with Gasteiger partial charge in [-0.15, -0.1) is 11.3 Å². The van der Waals surface area contributed by atoms with Gasteiger partial charge in [-0.05, 0) is 32.2 Å². The number of aryl methyl sites for hydroxylation is 2. The molecule has 5 heteroatoms. The summed E-state index contributed by atoms with van der Waals surface area (Å²) in [6.45, 7) is 5.84. The summed E-state index contributed by atoms with van der Waals surface area (Å²) in [4.78, 5) is 21.5. The first-order valence-corrected chi connectivity index (χ1v) is 8.59. The van der Waals surface area contributed by atoms with E-state index < -0.39 is 0 Å². The minimum Gasteiger partial charge on any atom is -0.462 e. The summed E-state index contributed by atoms with van der Waals surface area (Å²) in [7, 11) is 0. The summed E-state index contributed by atoms with van der Waals surface area (Å²) in [6.07, 6.45) is 0. The summed E-state index contributed by atoms with van der Waals surface area (Å²) in [5.41, 5.74) is 1.92. The summed E-state index contributed by atoms with van der Waals surface area (Å²) < 4.78 is 5.82. The van der Waals surface area contributed by atoms with Gasteiger partial charge < -0.3 is 4.74 Å². The van der Waals surface area contributed by atoms with Gasteiger partial charge in [-0.2, -0.15) is 0 Å². The van der Waals surface area contributed by atoms with Crippen molar-refractivity contribution in [3.05, 3.63) is 63.4 Å². The number of hydrogen-bond acceptors (Lipinski definition) is 5. The fraction of sp³-hybridized carbons (Fsp3) is 0.211. The molecule has 122 valence electrons. The molecule has 4 nitrogen and oxygen atoms in total. The highest BCUT2D eigenvalue weighted by Crippen LogP contribution is 2.25. The van der Waals surface area contributed by atoms with Crippen LogP contribution in [0.5, 0.6) is 0 Å². The van der Waals surface area contributed by atoms with Gasteiger partial charge in [0.1, 0.15) is 10.2 Å². The molecule has 24 heavy (non-hydrogen) atoms. The fourth-order valence-electron chi connectivity index (χ4n) is 2.59. The lowest BCUT2D eigenvalue weighted by Gasteiger charge is -2.07. The zero-order valence-electron chi connectivity index (χ0n) is 13.9. The van der Waals surface area contributed by atoms with Crippen molar-refractivity contribution in [1.29, 1.82) is 0 Å². The minimum atomic E-state index is -0.377. The molecule has 3 rings (SSSR count). The number of carbonyl (C=O) groups excluding carboxylic acids is 1. The fourth-order valence-corrected chi connectivity index (χ4v) is 3.53. The van der Waals surface area contributed by atoms with Crippen molar-refractivity contribution in [3.8, 4) is 0 Å². The molecule has 0 N–H and O–H groups in total. The zero-order chi connectivity index (χ0) is 17.1. The van der Waals surface area contributed by atoms with E-state index in [-0.39, 0.29) is 5.97 Å². The number of ether oxygens (including phenoxy) is 1. The SMILES string of the molecule is CCOC(=O)c1c(C)nc(C)sc1=Nc1cccc2ccccc12. The Bertz CT molecular complexity index is 971. The Labute approximate surface area is 144 Å². The summed E-state index contributed by atoms with van der Waals surface area (Å²) in [5.74, 6) is -0.377. The van der Waals surface area contributed by atoms with Crippen molar-refractivity contribution in [1.82, 2.24) is 4.98 Å². The van der Waals surface area contributed by atoms with E-state index in [4.69, 9.17) is 9.73 Å². The second-order valence-electron chi connectivity index (χ2n) is 5.33. The van der Waals surface area contributed by atoms with Crippen molar-refractivity contribution in [2.45, 2.75) is 20.8 Å². The second kappa shape index (κ2) is 6.93. The molecule has 0 saturated heterocycles. The normalized spacial score (nSPS) is 11.7. The molecule has 0 radical (unpaired) electrons. The molecule has 0 bridgehead atoms. The molecular formula is C19H18N2O2S. The molecular weight excluding hydrogens is 320 g/mol. The van der Waals surface area contributed by atoms with Crippen molar-refractivity contribution < 1.29 is 9.53 Å². The Morgan fingerprint density at radius 3 is 2.71 bits per heavy atom. The van der Waals surface area contributed by atoms with E-state index in [0.29, 0.717) is 22.5 Å². The molecule has 0 saturated carbocycles. The number of nitrogens with zero attached hydrogens (tertiary/aromatic N) is 2. The van der Waals surface area contributed by atoms with Crippen LogP contribution in [-0.4, -0.2) is 17.6 Å². The molecule has 0 aliphatic heterocycles. The number of hydrogen-bond donors (Lipinski definition) is 0. The Balaban J connectivity index is 2.28. The monoisotopic (exact) mass is 338 g/mol. The largest absolute Gasteiger partial charge is 0.462 e. The van der Waals surface area contributed by atoms with Crippen molar-refractivity contribution in [2.75, 3.05) is 6.61 Å². The molecule has 0 aliphatic carbocycles. The Kier molecular flexibility index (Phi) is 4.71. The third-order valence-corrected chi connectivity index (χ3v) is 4.49. The van der Waals surface area contributed by atoms with Crippen LogP contribution in [-0.2, 0) is 4.74 Å². The molecule has 0 unspecified atom stereocenters. The van der Waals surface area contributed by atoms with Crippen LogP contribution in [0.15, 0.2) is 47.5 Å². The highest BCUT2D eigenvalue weighted by atomic mass is 32.1. The number of fused-ring (bicyclic) bond motifs is 1. The van der Waals surface area contributed by atoms with Crippen LogP contribution in [0, 0.1) is 13.8 Å². The summed E-state index contributed by atoms with van der Waals surface area (Å²) >= 11 is 1.40. The maximum absolute atomic E-state index is 12.3. The van der Waals surface area contributed by atoms with Gasteiger partial charge in [-0.3, -0.25) is 0 Å². The van der Waals surface area contributed by atoms with Crippen LogP contribution < -0.4 is 4.67 Å². The smallest absolute Gasteiger partial charge is 0.343 e. The lowest BCUT2D eigenvalue weighted by Crippen LogP contribution is -2.19. The van der Waals surface area contributed by atoms with Crippen LogP contribution in [0.25, 0.3) is 10.8 Å². The average Bonchev–Trinajstić information content (AvgIpc) is 2.55. The van der Waals surface area contributed by atoms with Gasteiger partial charge in [-0.25, -0.2) is 14.8 Å². The van der Waals surface area contributed by atoms with Gasteiger partial charge in [0.25, 0.3) is 0 Å². The first kappa shape index (κ1) is 16.3. The van der Waals surface area contributed by atoms with E-state index in [9.17, 15) is 4.79 Å². The maximum atomic E-state index is 12.3. The maximum Gasteiger partial charge on any atom is 0.343 e. The van der Waals surface area contributed by atoms with Gasteiger partial charge in [0.2, 0.25) is 0 Å². The quantitative estimate of drug-likeness (QED) is 0.668. The third kappa shape index (κ3) is 3.21.